The number of sulfonamides is 1. The second-order valence-electron chi connectivity index (χ2n) is 5.35. The van der Waals surface area contributed by atoms with Crippen LogP contribution in [0.3, 0.4) is 0 Å². The SMILES string of the molecule is CCC[C@@H](C)NC(=O)COC(=O)CNS(=O)(=O)c1ccccc1C#N. The maximum atomic E-state index is 12.1. The number of hydrogen-bond acceptors (Lipinski definition) is 6. The van der Waals surface area contributed by atoms with Gasteiger partial charge in [-0.3, -0.25) is 9.59 Å². The number of ether oxygens (including phenoxy) is 1. The van der Waals surface area contributed by atoms with Gasteiger partial charge in [0.2, 0.25) is 10.0 Å². The van der Waals surface area contributed by atoms with Crippen LogP contribution < -0.4 is 10.0 Å². The van der Waals surface area contributed by atoms with Gasteiger partial charge < -0.3 is 10.1 Å². The van der Waals surface area contributed by atoms with Crippen LogP contribution in [0.4, 0.5) is 0 Å². The Morgan fingerprint density at radius 2 is 2.00 bits per heavy atom. The normalized spacial score (nSPS) is 12.0. The van der Waals surface area contributed by atoms with Gasteiger partial charge in [-0.1, -0.05) is 25.5 Å². The average molecular weight is 367 g/mol. The highest BCUT2D eigenvalue weighted by Gasteiger charge is 2.20. The fourth-order valence-corrected chi connectivity index (χ4v) is 3.17. The molecule has 9 heteroatoms. The molecule has 8 nitrogen and oxygen atoms in total. The van der Waals surface area contributed by atoms with Crippen molar-refractivity contribution >= 4 is 21.9 Å². The number of nitrogens with one attached hydrogen (secondary N) is 2. The molecule has 0 spiro atoms. The number of nitrogens with zero attached hydrogens (tertiary/aromatic N) is 1. The quantitative estimate of drug-likeness (QED) is 0.618. The summed E-state index contributed by atoms with van der Waals surface area (Å²) in [5, 5.41) is 11.6. The van der Waals surface area contributed by atoms with Crippen molar-refractivity contribution in [2.45, 2.75) is 37.6 Å². The van der Waals surface area contributed by atoms with Crippen LogP contribution >= 0.6 is 0 Å². The van der Waals surface area contributed by atoms with Gasteiger partial charge in [-0.05, 0) is 25.5 Å². The lowest BCUT2D eigenvalue weighted by Gasteiger charge is -2.13. The van der Waals surface area contributed by atoms with Crippen LogP contribution in [0.25, 0.3) is 0 Å². The number of carbonyl (C=O) groups excluding carboxylic acids is 2. The number of amides is 1. The summed E-state index contributed by atoms with van der Waals surface area (Å²) in [7, 11) is -4.04. The van der Waals surface area contributed by atoms with E-state index in [0.717, 1.165) is 12.8 Å². The predicted molar refractivity (Wildman–Crippen MR) is 89.8 cm³/mol. The Morgan fingerprint density at radius 3 is 2.64 bits per heavy atom. The Morgan fingerprint density at radius 1 is 1.32 bits per heavy atom. The van der Waals surface area contributed by atoms with Crippen molar-refractivity contribution < 1.29 is 22.7 Å². The summed E-state index contributed by atoms with van der Waals surface area (Å²) in [5.74, 6) is -1.34. The summed E-state index contributed by atoms with van der Waals surface area (Å²) in [5.41, 5.74) is -0.0346. The molecule has 1 aromatic rings. The zero-order chi connectivity index (χ0) is 18.9. The van der Waals surface area contributed by atoms with Gasteiger partial charge >= 0.3 is 5.97 Å². The minimum atomic E-state index is -4.04. The minimum Gasteiger partial charge on any atom is -0.455 e. The molecule has 0 aliphatic carbocycles. The molecule has 0 heterocycles. The Bertz CT molecular complexity index is 755. The summed E-state index contributed by atoms with van der Waals surface area (Å²) >= 11 is 0. The number of esters is 1. The molecule has 1 rings (SSSR count). The van der Waals surface area contributed by atoms with Crippen LogP contribution in [-0.2, 0) is 24.3 Å². The molecule has 0 aromatic heterocycles. The van der Waals surface area contributed by atoms with E-state index in [4.69, 9.17) is 10.00 Å². The zero-order valence-electron chi connectivity index (χ0n) is 14.1. The van der Waals surface area contributed by atoms with Gasteiger partial charge in [0.25, 0.3) is 5.91 Å². The number of carbonyl (C=O) groups is 2. The molecule has 0 aliphatic heterocycles. The first-order chi connectivity index (χ1) is 11.8. The van der Waals surface area contributed by atoms with Crippen molar-refractivity contribution in [2.24, 2.45) is 0 Å². The third kappa shape index (κ3) is 6.91. The Hall–Kier alpha value is -2.44. The lowest BCUT2D eigenvalue weighted by atomic mass is 10.2. The van der Waals surface area contributed by atoms with Gasteiger partial charge in [0.1, 0.15) is 12.6 Å². The molecule has 0 fully saturated rings. The van der Waals surface area contributed by atoms with Crippen molar-refractivity contribution in [3.05, 3.63) is 29.8 Å². The fraction of sp³-hybridized carbons (Fsp3) is 0.438. The summed E-state index contributed by atoms with van der Waals surface area (Å²) in [6.45, 7) is 2.70. The predicted octanol–water partition coefficient (Wildman–Crippen LogP) is 0.685. The zero-order valence-corrected chi connectivity index (χ0v) is 14.9. The first-order valence-electron chi connectivity index (χ1n) is 7.74. The fourth-order valence-electron chi connectivity index (χ4n) is 2.04. The van der Waals surface area contributed by atoms with E-state index in [1.54, 1.807) is 6.07 Å². The van der Waals surface area contributed by atoms with Crippen molar-refractivity contribution in [1.82, 2.24) is 10.0 Å². The van der Waals surface area contributed by atoms with Gasteiger partial charge in [0, 0.05) is 6.04 Å². The van der Waals surface area contributed by atoms with Crippen LogP contribution in [0.1, 0.15) is 32.3 Å². The highest BCUT2D eigenvalue weighted by Crippen LogP contribution is 2.13. The van der Waals surface area contributed by atoms with E-state index in [9.17, 15) is 18.0 Å². The van der Waals surface area contributed by atoms with Gasteiger partial charge in [0.15, 0.2) is 6.61 Å². The molecule has 1 aromatic carbocycles. The van der Waals surface area contributed by atoms with Crippen LogP contribution in [0.15, 0.2) is 29.2 Å². The minimum absolute atomic E-state index is 0.0304. The molecule has 136 valence electrons. The van der Waals surface area contributed by atoms with Crippen LogP contribution in [0.5, 0.6) is 0 Å². The molecule has 0 aliphatic rings. The van der Waals surface area contributed by atoms with Crippen molar-refractivity contribution in [3.63, 3.8) is 0 Å². The molecule has 25 heavy (non-hydrogen) atoms. The number of benzene rings is 1. The Kier molecular flexibility index (Phi) is 8.04. The van der Waals surface area contributed by atoms with Crippen molar-refractivity contribution in [2.75, 3.05) is 13.2 Å². The first-order valence-corrected chi connectivity index (χ1v) is 9.22. The van der Waals surface area contributed by atoms with E-state index in [-0.39, 0.29) is 16.5 Å². The lowest BCUT2D eigenvalue weighted by molar-refractivity contribution is -0.147. The van der Waals surface area contributed by atoms with E-state index >= 15 is 0 Å². The van der Waals surface area contributed by atoms with Crippen LogP contribution in [-0.4, -0.2) is 39.5 Å². The smallest absolute Gasteiger partial charge is 0.321 e. The number of nitriles is 1. The summed E-state index contributed by atoms with van der Waals surface area (Å²) in [4.78, 5) is 22.9. The molecule has 1 amide bonds. The largest absolute Gasteiger partial charge is 0.455 e. The molecule has 0 saturated carbocycles. The van der Waals surface area contributed by atoms with E-state index in [2.05, 4.69) is 5.32 Å². The molecule has 0 saturated heterocycles. The monoisotopic (exact) mass is 367 g/mol. The van der Waals surface area contributed by atoms with Gasteiger partial charge in [-0.2, -0.15) is 9.98 Å². The molecular weight excluding hydrogens is 346 g/mol. The van der Waals surface area contributed by atoms with E-state index < -0.39 is 35.1 Å². The van der Waals surface area contributed by atoms with E-state index in [0.29, 0.717) is 0 Å². The van der Waals surface area contributed by atoms with Crippen LogP contribution in [0, 0.1) is 11.3 Å². The summed E-state index contributed by atoms with van der Waals surface area (Å²) in [6.07, 6.45) is 1.71. The molecule has 1 atom stereocenters. The second kappa shape index (κ2) is 9.76. The average Bonchev–Trinajstić information content (AvgIpc) is 2.58. The van der Waals surface area contributed by atoms with Crippen LogP contribution in [0.2, 0.25) is 0 Å². The van der Waals surface area contributed by atoms with E-state index in [1.807, 2.05) is 18.6 Å². The highest BCUT2D eigenvalue weighted by atomic mass is 32.2. The first kappa shape index (κ1) is 20.6. The van der Waals surface area contributed by atoms with Crippen molar-refractivity contribution in [1.29, 1.82) is 5.26 Å². The van der Waals surface area contributed by atoms with Gasteiger partial charge in [0.05, 0.1) is 10.5 Å². The summed E-state index contributed by atoms with van der Waals surface area (Å²) in [6, 6.07) is 7.35. The second-order valence-corrected chi connectivity index (χ2v) is 7.09. The third-order valence-corrected chi connectivity index (χ3v) is 4.66. The molecule has 0 unspecified atom stereocenters. The standard InChI is InChI=1S/C16H21N3O5S/c1-3-6-12(2)19-15(20)11-24-16(21)10-18-25(22,23)14-8-5-4-7-13(14)9-17/h4-5,7-8,12,18H,3,6,10-11H2,1-2H3,(H,19,20)/t12-/m1/s1. The van der Waals surface area contributed by atoms with Crippen molar-refractivity contribution in [3.8, 4) is 6.07 Å². The molecule has 0 bridgehead atoms. The summed E-state index contributed by atoms with van der Waals surface area (Å²) < 4.78 is 31.0. The Labute approximate surface area is 147 Å². The van der Waals surface area contributed by atoms with Gasteiger partial charge in [-0.15, -0.1) is 0 Å². The highest BCUT2D eigenvalue weighted by molar-refractivity contribution is 7.89. The maximum Gasteiger partial charge on any atom is 0.321 e. The van der Waals surface area contributed by atoms with E-state index in [1.165, 1.54) is 24.3 Å². The topological polar surface area (TPSA) is 125 Å². The molecule has 2 N–H and O–H groups in total. The third-order valence-electron chi connectivity index (χ3n) is 3.20. The maximum absolute atomic E-state index is 12.1. The number of rotatable bonds is 9. The lowest BCUT2D eigenvalue weighted by Crippen LogP contribution is -2.37. The van der Waals surface area contributed by atoms with Gasteiger partial charge in [-0.25, -0.2) is 8.42 Å². The molecular formula is C16H21N3O5S. The number of hydrogen-bond donors (Lipinski definition) is 2. The Balaban J connectivity index is 2.51. The molecule has 0 radical (unpaired) electrons.